The van der Waals surface area contributed by atoms with Gasteiger partial charge in [0.1, 0.15) is 34.4 Å². The first kappa shape index (κ1) is 30.5. The van der Waals surface area contributed by atoms with Crippen molar-refractivity contribution in [2.45, 2.75) is 11.8 Å². The van der Waals surface area contributed by atoms with Crippen LogP contribution in [0.5, 0.6) is 5.88 Å². The van der Waals surface area contributed by atoms with Gasteiger partial charge in [-0.25, -0.2) is 32.2 Å². The highest BCUT2D eigenvalue weighted by Crippen LogP contribution is 2.36. The fourth-order valence-corrected chi connectivity index (χ4v) is 6.08. The lowest BCUT2D eigenvalue weighted by Crippen LogP contribution is -2.48. The molecular weight excluding hydrogens is 594 g/mol. The molecule has 2 aromatic heterocycles. The van der Waals surface area contributed by atoms with Gasteiger partial charge in [0.2, 0.25) is 11.8 Å². The van der Waals surface area contributed by atoms with E-state index in [0.717, 1.165) is 21.8 Å². The van der Waals surface area contributed by atoms with E-state index in [1.54, 1.807) is 23.1 Å². The second kappa shape index (κ2) is 12.3. The molecule has 0 unspecified atom stereocenters. The molecule has 1 aliphatic heterocycles. The van der Waals surface area contributed by atoms with Gasteiger partial charge in [-0.05, 0) is 48.9 Å². The predicted octanol–water partition coefficient (Wildman–Crippen LogP) is 3.60. The van der Waals surface area contributed by atoms with Crippen LogP contribution < -0.4 is 13.9 Å². The number of fused-ring (bicyclic) bond motifs is 1. The van der Waals surface area contributed by atoms with Crippen LogP contribution in [0.15, 0.2) is 72.0 Å². The number of allylic oxidation sites excluding steroid dienone is 1. The molecule has 0 N–H and O–H groups in total. The van der Waals surface area contributed by atoms with Crippen LogP contribution in [-0.4, -0.2) is 80.3 Å². The maximum Gasteiger partial charge on any atom is 0.267 e. The topological polar surface area (TPSA) is 126 Å². The normalized spacial score (nSPS) is 13.8. The predicted molar refractivity (Wildman–Crippen MR) is 160 cm³/mol. The lowest BCUT2D eigenvalue weighted by atomic mass is 10.0. The lowest BCUT2D eigenvalue weighted by Gasteiger charge is -2.35. The van der Waals surface area contributed by atoms with Crippen molar-refractivity contribution in [3.05, 3.63) is 78.8 Å². The number of methoxy groups -OCH3 is 1. The van der Waals surface area contributed by atoms with Crippen molar-refractivity contribution in [2.75, 3.05) is 49.5 Å². The summed E-state index contributed by atoms with van der Waals surface area (Å²) in [5.41, 5.74) is 1.92. The summed E-state index contributed by atoms with van der Waals surface area (Å²) in [7, 11) is -1.89. The molecule has 1 fully saturated rings. The molecule has 1 amide bonds. The molecule has 3 heterocycles. The molecule has 4 aromatic rings. The fraction of sp³-hybridized carbons (Fsp3) is 0.233. The molecule has 1 aliphatic rings. The lowest BCUT2D eigenvalue weighted by molar-refractivity contribution is -0.126. The molecule has 5 rings (SSSR count). The Labute approximate surface area is 252 Å². The number of carbonyl (C=O) groups is 2. The second-order valence-corrected chi connectivity index (χ2v) is 11.9. The number of ketones is 1. The van der Waals surface area contributed by atoms with Gasteiger partial charge < -0.3 is 14.5 Å². The number of sulfonamides is 1. The number of benzene rings is 2. The molecular formula is C30H28F2N6O5S. The zero-order valence-corrected chi connectivity index (χ0v) is 24.9. The van der Waals surface area contributed by atoms with E-state index in [2.05, 4.69) is 15.0 Å². The van der Waals surface area contributed by atoms with Crippen LogP contribution in [0.2, 0.25) is 0 Å². The Morgan fingerprint density at radius 3 is 2.39 bits per heavy atom. The summed E-state index contributed by atoms with van der Waals surface area (Å²) in [5, 5.41) is 0.730. The number of rotatable bonds is 8. The van der Waals surface area contributed by atoms with Crippen LogP contribution in [0, 0.1) is 11.6 Å². The minimum atomic E-state index is -4.45. The first-order valence-corrected chi connectivity index (χ1v) is 14.9. The van der Waals surface area contributed by atoms with E-state index < -0.39 is 26.6 Å². The van der Waals surface area contributed by atoms with Gasteiger partial charge in [-0.2, -0.15) is 0 Å². The van der Waals surface area contributed by atoms with Crippen molar-refractivity contribution >= 4 is 44.1 Å². The molecule has 0 bridgehead atoms. The Morgan fingerprint density at radius 1 is 0.955 bits per heavy atom. The van der Waals surface area contributed by atoms with Crippen molar-refractivity contribution in [1.29, 1.82) is 0 Å². The van der Waals surface area contributed by atoms with Crippen molar-refractivity contribution in [2.24, 2.45) is 0 Å². The number of anilines is 2. The Morgan fingerprint density at radius 2 is 1.70 bits per heavy atom. The van der Waals surface area contributed by atoms with E-state index in [9.17, 15) is 26.8 Å². The second-order valence-electron chi connectivity index (χ2n) is 9.99. The highest BCUT2D eigenvalue weighted by molar-refractivity contribution is 7.92. The van der Waals surface area contributed by atoms with Crippen LogP contribution in [0.4, 0.5) is 20.3 Å². The molecule has 0 atom stereocenters. The molecule has 11 nitrogen and oxygen atoms in total. The number of carbonyl (C=O) groups excluding carboxylic acids is 2. The smallest absolute Gasteiger partial charge is 0.267 e. The number of halogens is 2. The van der Waals surface area contributed by atoms with Crippen molar-refractivity contribution < 1.29 is 31.5 Å². The monoisotopic (exact) mass is 622 g/mol. The van der Waals surface area contributed by atoms with E-state index in [1.165, 1.54) is 45.8 Å². The summed E-state index contributed by atoms with van der Waals surface area (Å²) in [6.45, 7) is 3.27. The van der Waals surface area contributed by atoms with E-state index in [4.69, 9.17) is 4.74 Å². The summed E-state index contributed by atoms with van der Waals surface area (Å²) < 4.78 is 60.7. The van der Waals surface area contributed by atoms with Gasteiger partial charge >= 0.3 is 0 Å². The van der Waals surface area contributed by atoms with Gasteiger partial charge in [0.25, 0.3) is 10.0 Å². The minimum Gasteiger partial charge on any atom is -0.479 e. The van der Waals surface area contributed by atoms with Gasteiger partial charge in [-0.3, -0.25) is 13.9 Å². The summed E-state index contributed by atoms with van der Waals surface area (Å²) in [6, 6.07) is 9.26. The SMILES string of the molecule is COc1ncc(-c2ccc3ncnc(N4CCN(C(=O)/C=C/C(C)=O)CC4)c3c2)cc1N(C)S(=O)(=O)c1ccc(F)cc1F. The molecule has 0 saturated carbocycles. The molecule has 14 heteroatoms. The number of piperazine rings is 1. The number of hydrogen-bond acceptors (Lipinski definition) is 9. The van der Waals surface area contributed by atoms with E-state index in [0.29, 0.717) is 54.7 Å². The molecule has 228 valence electrons. The first-order valence-electron chi connectivity index (χ1n) is 13.4. The van der Waals surface area contributed by atoms with Gasteiger partial charge in [0.15, 0.2) is 5.78 Å². The summed E-state index contributed by atoms with van der Waals surface area (Å²) in [6.07, 6.45) is 5.51. The zero-order chi connectivity index (χ0) is 31.6. The van der Waals surface area contributed by atoms with E-state index in [1.807, 2.05) is 11.0 Å². The van der Waals surface area contributed by atoms with E-state index in [-0.39, 0.29) is 23.3 Å². The first-order chi connectivity index (χ1) is 21.0. The molecule has 0 spiro atoms. The number of hydrogen-bond donors (Lipinski definition) is 0. The average Bonchev–Trinajstić information content (AvgIpc) is 3.02. The number of ether oxygens (including phenoxy) is 1. The van der Waals surface area contributed by atoms with Crippen molar-refractivity contribution in [3.8, 4) is 17.0 Å². The zero-order valence-electron chi connectivity index (χ0n) is 24.1. The summed E-state index contributed by atoms with van der Waals surface area (Å²) in [4.78, 5) is 39.8. The van der Waals surface area contributed by atoms with Crippen LogP contribution in [-0.2, 0) is 19.6 Å². The van der Waals surface area contributed by atoms with Crippen molar-refractivity contribution in [1.82, 2.24) is 19.9 Å². The third kappa shape index (κ3) is 6.06. The Hall–Kier alpha value is -4.98. The number of amides is 1. The summed E-state index contributed by atoms with van der Waals surface area (Å²) >= 11 is 0. The molecule has 0 radical (unpaired) electrons. The van der Waals surface area contributed by atoms with Crippen molar-refractivity contribution in [3.63, 3.8) is 0 Å². The Bertz CT molecular complexity index is 1890. The van der Waals surface area contributed by atoms with Gasteiger partial charge in [0.05, 0.1) is 12.6 Å². The molecule has 2 aromatic carbocycles. The highest BCUT2D eigenvalue weighted by atomic mass is 32.2. The van der Waals surface area contributed by atoms with Gasteiger partial charge in [0, 0.05) is 62.5 Å². The Kier molecular flexibility index (Phi) is 8.54. The third-order valence-electron chi connectivity index (χ3n) is 7.20. The fourth-order valence-electron chi connectivity index (χ4n) is 4.85. The largest absolute Gasteiger partial charge is 0.479 e. The summed E-state index contributed by atoms with van der Waals surface area (Å²) in [5.74, 6) is -1.91. The molecule has 44 heavy (non-hydrogen) atoms. The maximum atomic E-state index is 14.5. The van der Waals surface area contributed by atoms with Crippen LogP contribution in [0.3, 0.4) is 0 Å². The number of aromatic nitrogens is 3. The van der Waals surface area contributed by atoms with Gasteiger partial charge in [-0.15, -0.1) is 0 Å². The standard InChI is InChI=1S/C30H28F2N6O5S/c1-19(39)4-9-28(40)37-10-12-38(13-11-37)29-23-14-20(5-7-25(23)34-18-35-29)21-15-26(30(43-3)33-17-21)36(2)44(41,42)27-8-6-22(31)16-24(27)32/h4-9,14-18H,10-13H2,1-3H3/b9-4+. The van der Waals surface area contributed by atoms with Crippen LogP contribution in [0.25, 0.3) is 22.0 Å². The van der Waals surface area contributed by atoms with Crippen LogP contribution in [0.1, 0.15) is 6.92 Å². The Balaban J connectivity index is 1.47. The van der Waals surface area contributed by atoms with Gasteiger partial charge in [-0.1, -0.05) is 6.07 Å². The third-order valence-corrected chi connectivity index (χ3v) is 9.00. The van der Waals surface area contributed by atoms with E-state index >= 15 is 0 Å². The highest BCUT2D eigenvalue weighted by Gasteiger charge is 2.28. The average molecular weight is 623 g/mol. The number of nitrogens with zero attached hydrogens (tertiary/aromatic N) is 6. The molecule has 1 saturated heterocycles. The number of pyridine rings is 1. The molecule has 0 aliphatic carbocycles. The maximum absolute atomic E-state index is 14.5. The van der Waals surface area contributed by atoms with Crippen LogP contribution >= 0.6 is 0 Å². The minimum absolute atomic E-state index is 0.0160. The quantitative estimate of drug-likeness (QED) is 0.271.